The van der Waals surface area contributed by atoms with E-state index in [4.69, 9.17) is 14.7 Å². The number of hydrogen-bond acceptors (Lipinski definition) is 6. The Morgan fingerprint density at radius 3 is 2.43 bits per heavy atom. The van der Waals surface area contributed by atoms with E-state index in [0.717, 1.165) is 0 Å². The fourth-order valence-corrected chi connectivity index (χ4v) is 1.74. The van der Waals surface area contributed by atoms with E-state index >= 15 is 0 Å². The molecule has 0 radical (unpaired) electrons. The van der Waals surface area contributed by atoms with Crippen molar-refractivity contribution in [3.63, 3.8) is 0 Å². The Kier molecular flexibility index (Phi) is 4.29. The van der Waals surface area contributed by atoms with Crippen molar-refractivity contribution >= 4 is 17.6 Å². The van der Waals surface area contributed by atoms with Crippen LogP contribution in [0.2, 0.25) is 0 Å². The lowest BCUT2D eigenvalue weighted by Crippen LogP contribution is -2.34. The standard InChI is InChI=1S/C13H13N3O5/c1-8-14-11(15-21-8)12(18)16(6-7-17)10-4-2-9(3-5-10)13(19)20/h2-5,17H,6-7H2,1H3,(H,19,20). The molecule has 0 bridgehead atoms. The second-order valence-electron chi connectivity index (χ2n) is 4.17. The number of carboxylic acid groups (broad SMARTS) is 1. The first-order chi connectivity index (χ1) is 10.0. The van der Waals surface area contributed by atoms with Gasteiger partial charge in [0.15, 0.2) is 0 Å². The van der Waals surface area contributed by atoms with Gasteiger partial charge >= 0.3 is 5.97 Å². The van der Waals surface area contributed by atoms with Crippen LogP contribution >= 0.6 is 0 Å². The van der Waals surface area contributed by atoms with Crippen molar-refractivity contribution < 1.29 is 24.3 Å². The number of rotatable bonds is 5. The molecule has 0 spiro atoms. The second-order valence-corrected chi connectivity index (χ2v) is 4.17. The highest BCUT2D eigenvalue weighted by atomic mass is 16.5. The van der Waals surface area contributed by atoms with Gasteiger partial charge in [-0.15, -0.1) is 0 Å². The highest BCUT2D eigenvalue weighted by molar-refractivity contribution is 6.03. The summed E-state index contributed by atoms with van der Waals surface area (Å²) in [5.74, 6) is -1.47. The third kappa shape index (κ3) is 3.23. The minimum absolute atomic E-state index is 0.0266. The van der Waals surface area contributed by atoms with E-state index in [1.54, 1.807) is 6.92 Å². The maximum Gasteiger partial charge on any atom is 0.335 e. The summed E-state index contributed by atoms with van der Waals surface area (Å²) in [5.41, 5.74) is 0.534. The molecule has 0 aliphatic heterocycles. The zero-order valence-electron chi connectivity index (χ0n) is 11.2. The van der Waals surface area contributed by atoms with Gasteiger partial charge in [0.2, 0.25) is 5.89 Å². The topological polar surface area (TPSA) is 117 Å². The van der Waals surface area contributed by atoms with Gasteiger partial charge in [-0.3, -0.25) is 4.79 Å². The number of aryl methyl sites for hydroxylation is 1. The maximum atomic E-state index is 12.3. The van der Waals surface area contributed by atoms with Gasteiger partial charge in [0.25, 0.3) is 11.7 Å². The molecule has 1 aromatic heterocycles. The van der Waals surface area contributed by atoms with Crippen LogP contribution < -0.4 is 4.90 Å². The van der Waals surface area contributed by atoms with E-state index in [0.29, 0.717) is 5.69 Å². The number of carboxylic acids is 1. The highest BCUT2D eigenvalue weighted by Crippen LogP contribution is 2.17. The first kappa shape index (κ1) is 14.7. The van der Waals surface area contributed by atoms with Crippen molar-refractivity contribution in [2.45, 2.75) is 6.92 Å². The fraction of sp³-hybridized carbons (Fsp3) is 0.231. The number of carbonyl (C=O) groups excluding carboxylic acids is 1. The number of anilines is 1. The average Bonchev–Trinajstić information content (AvgIpc) is 2.91. The Bertz CT molecular complexity index is 650. The summed E-state index contributed by atoms with van der Waals surface area (Å²) < 4.78 is 4.75. The first-order valence-electron chi connectivity index (χ1n) is 6.09. The summed E-state index contributed by atoms with van der Waals surface area (Å²) in [6.07, 6.45) is 0. The molecule has 1 amide bonds. The number of aliphatic hydroxyl groups excluding tert-OH is 1. The molecule has 21 heavy (non-hydrogen) atoms. The van der Waals surface area contributed by atoms with Crippen LogP contribution in [0.4, 0.5) is 5.69 Å². The molecule has 2 N–H and O–H groups in total. The Balaban J connectivity index is 2.29. The van der Waals surface area contributed by atoms with E-state index < -0.39 is 11.9 Å². The average molecular weight is 291 g/mol. The number of hydrogen-bond donors (Lipinski definition) is 2. The Hall–Kier alpha value is -2.74. The monoisotopic (exact) mass is 291 g/mol. The normalized spacial score (nSPS) is 10.4. The third-order valence-electron chi connectivity index (χ3n) is 2.71. The Morgan fingerprint density at radius 1 is 1.29 bits per heavy atom. The van der Waals surface area contributed by atoms with Crippen molar-refractivity contribution in [1.82, 2.24) is 10.1 Å². The van der Waals surface area contributed by atoms with Gasteiger partial charge in [-0.05, 0) is 24.3 Å². The minimum atomic E-state index is -1.06. The molecule has 8 heteroatoms. The van der Waals surface area contributed by atoms with Gasteiger partial charge in [-0.2, -0.15) is 4.98 Å². The van der Waals surface area contributed by atoms with Crippen LogP contribution in [0.5, 0.6) is 0 Å². The smallest absolute Gasteiger partial charge is 0.335 e. The van der Waals surface area contributed by atoms with Crippen LogP contribution in [0.25, 0.3) is 0 Å². The predicted molar refractivity (Wildman–Crippen MR) is 71.2 cm³/mol. The maximum absolute atomic E-state index is 12.3. The molecule has 0 aliphatic carbocycles. The van der Waals surface area contributed by atoms with E-state index in [2.05, 4.69) is 10.1 Å². The van der Waals surface area contributed by atoms with Crippen molar-refractivity contribution in [2.24, 2.45) is 0 Å². The lowest BCUT2D eigenvalue weighted by atomic mass is 10.2. The van der Waals surface area contributed by atoms with Crippen molar-refractivity contribution in [3.05, 3.63) is 41.5 Å². The molecule has 0 atom stereocenters. The number of nitrogens with zero attached hydrogens (tertiary/aromatic N) is 3. The fourth-order valence-electron chi connectivity index (χ4n) is 1.74. The molecular weight excluding hydrogens is 278 g/mol. The van der Waals surface area contributed by atoms with E-state index in [-0.39, 0.29) is 30.4 Å². The zero-order chi connectivity index (χ0) is 15.4. The molecule has 0 fully saturated rings. The lowest BCUT2D eigenvalue weighted by molar-refractivity contribution is 0.0696. The van der Waals surface area contributed by atoms with Gasteiger partial charge in [-0.25, -0.2) is 4.79 Å². The number of aromatic nitrogens is 2. The molecule has 2 rings (SSSR count). The number of amides is 1. The molecule has 110 valence electrons. The van der Waals surface area contributed by atoms with Crippen molar-refractivity contribution in [2.75, 3.05) is 18.1 Å². The van der Waals surface area contributed by atoms with Crippen LogP contribution in [0.1, 0.15) is 26.9 Å². The van der Waals surface area contributed by atoms with Crippen LogP contribution in [0.3, 0.4) is 0 Å². The van der Waals surface area contributed by atoms with Gasteiger partial charge in [0.05, 0.1) is 12.2 Å². The minimum Gasteiger partial charge on any atom is -0.478 e. The van der Waals surface area contributed by atoms with Gasteiger partial charge < -0.3 is 19.6 Å². The Morgan fingerprint density at radius 2 is 1.95 bits per heavy atom. The van der Waals surface area contributed by atoms with Crippen LogP contribution in [-0.4, -0.2) is 45.4 Å². The van der Waals surface area contributed by atoms with E-state index in [1.807, 2.05) is 0 Å². The Labute approximate surface area is 119 Å². The summed E-state index contributed by atoms with van der Waals surface area (Å²) in [6.45, 7) is 1.32. The lowest BCUT2D eigenvalue weighted by Gasteiger charge is -2.20. The molecule has 2 aromatic rings. The summed E-state index contributed by atoms with van der Waals surface area (Å²) in [4.78, 5) is 28.2. The molecular formula is C13H13N3O5. The summed E-state index contributed by atoms with van der Waals surface area (Å²) in [6, 6.07) is 5.70. The second kappa shape index (κ2) is 6.14. The summed E-state index contributed by atoms with van der Waals surface area (Å²) in [5, 5.41) is 21.5. The summed E-state index contributed by atoms with van der Waals surface area (Å²) in [7, 11) is 0. The molecule has 0 unspecified atom stereocenters. The van der Waals surface area contributed by atoms with Gasteiger partial charge in [0.1, 0.15) is 0 Å². The largest absolute Gasteiger partial charge is 0.478 e. The van der Waals surface area contributed by atoms with Crippen LogP contribution in [0, 0.1) is 6.92 Å². The van der Waals surface area contributed by atoms with Gasteiger partial charge in [0, 0.05) is 19.2 Å². The number of aromatic carboxylic acids is 1. The highest BCUT2D eigenvalue weighted by Gasteiger charge is 2.22. The quantitative estimate of drug-likeness (QED) is 0.833. The molecule has 0 saturated heterocycles. The van der Waals surface area contributed by atoms with Crippen LogP contribution in [-0.2, 0) is 0 Å². The molecule has 1 heterocycles. The van der Waals surface area contributed by atoms with E-state index in [9.17, 15) is 9.59 Å². The number of carbonyl (C=O) groups is 2. The van der Waals surface area contributed by atoms with Gasteiger partial charge in [-0.1, -0.05) is 5.16 Å². The number of benzene rings is 1. The van der Waals surface area contributed by atoms with E-state index in [1.165, 1.54) is 29.2 Å². The van der Waals surface area contributed by atoms with Crippen molar-refractivity contribution in [3.8, 4) is 0 Å². The SMILES string of the molecule is Cc1nc(C(=O)N(CCO)c2ccc(C(=O)O)cc2)no1. The molecule has 1 aromatic carbocycles. The van der Waals surface area contributed by atoms with Crippen LogP contribution in [0.15, 0.2) is 28.8 Å². The molecule has 0 aliphatic rings. The predicted octanol–water partition coefficient (Wildman–Crippen LogP) is 0.715. The zero-order valence-corrected chi connectivity index (χ0v) is 11.2. The molecule has 0 saturated carbocycles. The first-order valence-corrected chi connectivity index (χ1v) is 6.09. The summed E-state index contributed by atoms with van der Waals surface area (Å²) >= 11 is 0. The molecule has 8 nitrogen and oxygen atoms in total. The van der Waals surface area contributed by atoms with Crippen molar-refractivity contribution in [1.29, 1.82) is 0 Å². The third-order valence-corrected chi connectivity index (χ3v) is 2.71. The number of aliphatic hydroxyl groups is 1.